The molecule has 2 aliphatic rings. The van der Waals surface area contributed by atoms with Gasteiger partial charge in [0.1, 0.15) is 30.5 Å². The first-order chi connectivity index (χ1) is 14.5. The fraction of sp³-hybridized carbons (Fsp3) is 0.500. The van der Waals surface area contributed by atoms with Gasteiger partial charge in [0.15, 0.2) is 0 Å². The first kappa shape index (κ1) is 21.3. The molecule has 0 aromatic heterocycles. The number of anilines is 1. The molecule has 4 rings (SSSR count). The lowest BCUT2D eigenvalue weighted by molar-refractivity contribution is -0.231. The Morgan fingerprint density at radius 1 is 0.967 bits per heavy atom. The number of benzene rings is 2. The largest absolute Gasteiger partial charge is 0.394 e. The molecule has 0 saturated carbocycles. The number of hydrogen-bond acceptors (Lipinski definition) is 6. The van der Waals surface area contributed by atoms with Crippen molar-refractivity contribution >= 4 is 5.69 Å². The molecule has 4 N–H and O–H groups in total. The molecule has 2 aromatic carbocycles. The van der Waals surface area contributed by atoms with E-state index in [1.165, 1.54) is 22.4 Å². The van der Waals surface area contributed by atoms with E-state index in [0.29, 0.717) is 0 Å². The zero-order valence-corrected chi connectivity index (χ0v) is 17.3. The number of aryl methyl sites for hydroxylation is 2. The molecule has 2 heterocycles. The number of aliphatic hydroxyl groups excluding tert-OH is 4. The van der Waals surface area contributed by atoms with Gasteiger partial charge < -0.3 is 30.1 Å². The Morgan fingerprint density at radius 2 is 1.70 bits per heavy atom. The summed E-state index contributed by atoms with van der Waals surface area (Å²) in [6.45, 7) is 3.57. The molecule has 1 saturated heterocycles. The number of ether oxygens (including phenoxy) is 1. The summed E-state index contributed by atoms with van der Waals surface area (Å²) in [5.41, 5.74) is 5.72. The number of fused-ring (bicyclic) bond motifs is 1. The fourth-order valence-electron chi connectivity index (χ4n) is 4.51. The van der Waals surface area contributed by atoms with E-state index in [2.05, 4.69) is 36.1 Å². The van der Waals surface area contributed by atoms with Gasteiger partial charge in [-0.05, 0) is 47.6 Å². The number of aliphatic hydroxyl groups is 4. The van der Waals surface area contributed by atoms with Gasteiger partial charge in [-0.15, -0.1) is 0 Å². The van der Waals surface area contributed by atoms with Crippen LogP contribution in [0.1, 0.15) is 41.7 Å². The van der Waals surface area contributed by atoms with E-state index in [4.69, 9.17) is 4.74 Å². The van der Waals surface area contributed by atoms with Crippen molar-refractivity contribution in [2.45, 2.75) is 63.3 Å². The summed E-state index contributed by atoms with van der Waals surface area (Å²) in [7, 11) is 0. The third-order valence-corrected chi connectivity index (χ3v) is 6.34. The van der Waals surface area contributed by atoms with Crippen LogP contribution in [0, 0.1) is 0 Å². The van der Waals surface area contributed by atoms with Gasteiger partial charge in [-0.2, -0.15) is 0 Å². The third-order valence-electron chi connectivity index (χ3n) is 6.34. The van der Waals surface area contributed by atoms with Gasteiger partial charge in [-0.3, -0.25) is 0 Å². The van der Waals surface area contributed by atoms with Crippen molar-refractivity contribution < 1.29 is 25.2 Å². The first-order valence-electron chi connectivity index (χ1n) is 10.8. The van der Waals surface area contributed by atoms with Gasteiger partial charge in [-0.1, -0.05) is 43.3 Å². The van der Waals surface area contributed by atoms with E-state index in [-0.39, 0.29) is 0 Å². The van der Waals surface area contributed by atoms with Crippen molar-refractivity contribution in [3.63, 3.8) is 0 Å². The summed E-state index contributed by atoms with van der Waals surface area (Å²) in [5.74, 6) is 0. The molecule has 30 heavy (non-hydrogen) atoms. The highest BCUT2D eigenvalue weighted by atomic mass is 16.5. The Morgan fingerprint density at radius 3 is 2.40 bits per heavy atom. The minimum Gasteiger partial charge on any atom is -0.394 e. The van der Waals surface area contributed by atoms with Crippen molar-refractivity contribution in [2.75, 3.05) is 18.1 Å². The van der Waals surface area contributed by atoms with Gasteiger partial charge >= 0.3 is 0 Å². The van der Waals surface area contributed by atoms with Crippen molar-refractivity contribution in [2.24, 2.45) is 0 Å². The Hall–Kier alpha value is -1.96. The lowest BCUT2D eigenvalue weighted by Gasteiger charge is -2.40. The molecule has 5 atom stereocenters. The van der Waals surface area contributed by atoms with Crippen LogP contribution in [0.15, 0.2) is 42.5 Å². The number of hydrogen-bond donors (Lipinski definition) is 4. The highest BCUT2D eigenvalue weighted by molar-refractivity contribution is 5.57. The van der Waals surface area contributed by atoms with E-state index in [1.54, 1.807) is 0 Å². The zero-order valence-electron chi connectivity index (χ0n) is 17.3. The van der Waals surface area contributed by atoms with Gasteiger partial charge in [0.2, 0.25) is 0 Å². The second-order valence-corrected chi connectivity index (χ2v) is 8.33. The average Bonchev–Trinajstić information content (AvgIpc) is 2.78. The van der Waals surface area contributed by atoms with Gasteiger partial charge in [-0.25, -0.2) is 0 Å². The van der Waals surface area contributed by atoms with Crippen LogP contribution in [-0.4, -0.2) is 58.0 Å². The SMILES string of the molecule is CCc1ccc(CN2CCCc3cc([C@@H]4O[C@H](CO)[C@@H](O)[C@H](O)[C@H]4O)ccc32)cc1. The Balaban J connectivity index is 1.55. The minimum absolute atomic E-state index is 0.420. The summed E-state index contributed by atoms with van der Waals surface area (Å²) in [6.07, 6.45) is -2.63. The first-order valence-corrected chi connectivity index (χ1v) is 10.8. The predicted octanol–water partition coefficient (Wildman–Crippen LogP) is 1.72. The highest BCUT2D eigenvalue weighted by Gasteiger charge is 2.44. The maximum Gasteiger partial charge on any atom is 0.113 e. The summed E-state index contributed by atoms with van der Waals surface area (Å²) in [5, 5.41) is 40.0. The van der Waals surface area contributed by atoms with Gasteiger partial charge in [0.25, 0.3) is 0 Å². The van der Waals surface area contributed by atoms with Crippen LogP contribution >= 0.6 is 0 Å². The lowest BCUT2D eigenvalue weighted by Crippen LogP contribution is -2.55. The Kier molecular flexibility index (Phi) is 6.41. The van der Waals surface area contributed by atoms with Crippen LogP contribution in [0.5, 0.6) is 0 Å². The Labute approximate surface area is 177 Å². The smallest absolute Gasteiger partial charge is 0.113 e. The molecule has 2 aromatic rings. The zero-order chi connectivity index (χ0) is 21.3. The van der Waals surface area contributed by atoms with Crippen molar-refractivity contribution in [3.05, 3.63) is 64.7 Å². The average molecular weight is 414 g/mol. The molecular weight excluding hydrogens is 382 g/mol. The topological polar surface area (TPSA) is 93.4 Å². The van der Waals surface area contributed by atoms with Crippen LogP contribution in [-0.2, 0) is 24.1 Å². The third kappa shape index (κ3) is 4.11. The van der Waals surface area contributed by atoms with Crippen LogP contribution in [0.2, 0.25) is 0 Å². The van der Waals surface area contributed by atoms with E-state index in [1.807, 2.05) is 18.2 Å². The number of rotatable bonds is 5. The van der Waals surface area contributed by atoms with Crippen molar-refractivity contribution in [1.29, 1.82) is 0 Å². The molecule has 0 spiro atoms. The molecule has 162 valence electrons. The summed E-state index contributed by atoms with van der Waals surface area (Å²) >= 11 is 0. The summed E-state index contributed by atoms with van der Waals surface area (Å²) < 4.78 is 5.73. The predicted molar refractivity (Wildman–Crippen MR) is 114 cm³/mol. The second kappa shape index (κ2) is 9.04. The van der Waals surface area contributed by atoms with E-state index >= 15 is 0 Å². The summed E-state index contributed by atoms with van der Waals surface area (Å²) in [6, 6.07) is 14.7. The van der Waals surface area contributed by atoms with Crippen LogP contribution < -0.4 is 4.90 Å². The van der Waals surface area contributed by atoms with E-state index < -0.39 is 37.1 Å². The second-order valence-electron chi connectivity index (χ2n) is 8.33. The van der Waals surface area contributed by atoms with Gasteiger partial charge in [0, 0.05) is 18.8 Å². The molecule has 6 nitrogen and oxygen atoms in total. The van der Waals surface area contributed by atoms with Crippen molar-refractivity contribution in [3.8, 4) is 0 Å². The lowest BCUT2D eigenvalue weighted by atomic mass is 9.89. The van der Waals surface area contributed by atoms with Crippen molar-refractivity contribution in [1.82, 2.24) is 0 Å². The van der Waals surface area contributed by atoms with E-state index in [0.717, 1.165) is 37.9 Å². The molecular formula is C24H31NO5. The Bertz CT molecular complexity index is 853. The normalized spacial score (nSPS) is 29.0. The molecule has 0 radical (unpaired) electrons. The van der Waals surface area contributed by atoms with Crippen LogP contribution in [0.3, 0.4) is 0 Å². The van der Waals surface area contributed by atoms with Crippen LogP contribution in [0.4, 0.5) is 5.69 Å². The summed E-state index contributed by atoms with van der Waals surface area (Å²) in [4.78, 5) is 2.37. The molecule has 0 unspecified atom stereocenters. The maximum absolute atomic E-state index is 10.4. The fourth-order valence-corrected chi connectivity index (χ4v) is 4.51. The monoisotopic (exact) mass is 413 g/mol. The van der Waals surface area contributed by atoms with Gasteiger partial charge in [0.05, 0.1) is 6.61 Å². The van der Waals surface area contributed by atoms with E-state index in [9.17, 15) is 20.4 Å². The number of nitrogens with zero attached hydrogens (tertiary/aromatic N) is 1. The van der Waals surface area contributed by atoms with Crippen LogP contribution in [0.25, 0.3) is 0 Å². The minimum atomic E-state index is -1.36. The highest BCUT2D eigenvalue weighted by Crippen LogP contribution is 2.36. The molecule has 2 aliphatic heterocycles. The quantitative estimate of drug-likeness (QED) is 0.597. The molecule has 0 amide bonds. The molecule has 0 aliphatic carbocycles. The molecule has 1 fully saturated rings. The maximum atomic E-state index is 10.4. The molecule has 6 heteroatoms. The molecule has 0 bridgehead atoms. The standard InChI is InChI=1S/C24H31NO5/c1-2-15-5-7-16(8-6-15)13-25-11-3-4-17-12-18(9-10-19(17)25)24-23(29)22(28)21(27)20(14-26)30-24/h5-10,12,20-24,26-29H,2-4,11,13-14H2,1H3/t20-,21-,22+,23-,24+/m1/s1.